The smallest absolute Gasteiger partial charge is 0.387 e. The van der Waals surface area contributed by atoms with Gasteiger partial charge in [0.15, 0.2) is 0 Å². The maximum Gasteiger partial charge on any atom is 0.387 e. The Morgan fingerprint density at radius 3 is 2.48 bits per heavy atom. The number of carbonyl (C=O) groups is 2. The van der Waals surface area contributed by atoms with Gasteiger partial charge < -0.3 is 14.5 Å². The second-order valence-corrected chi connectivity index (χ2v) is 6.50. The molecule has 142 valence electrons. The van der Waals surface area contributed by atoms with Gasteiger partial charge in [0.05, 0.1) is 5.56 Å². The third-order valence-electron chi connectivity index (χ3n) is 4.53. The van der Waals surface area contributed by atoms with E-state index in [0.29, 0.717) is 6.54 Å². The Morgan fingerprint density at radius 1 is 1.15 bits per heavy atom. The van der Waals surface area contributed by atoms with Crippen molar-refractivity contribution in [1.82, 2.24) is 4.90 Å². The Bertz CT molecular complexity index is 839. The van der Waals surface area contributed by atoms with Crippen molar-refractivity contribution in [3.8, 4) is 5.75 Å². The van der Waals surface area contributed by atoms with Crippen molar-refractivity contribution in [2.45, 2.75) is 26.5 Å². The second kappa shape index (κ2) is 7.73. The quantitative estimate of drug-likeness (QED) is 0.823. The van der Waals surface area contributed by atoms with Crippen molar-refractivity contribution in [3.63, 3.8) is 0 Å². The van der Waals surface area contributed by atoms with E-state index in [4.69, 9.17) is 0 Å². The zero-order valence-electron chi connectivity index (χ0n) is 15.1. The summed E-state index contributed by atoms with van der Waals surface area (Å²) in [4.78, 5) is 28.5. The van der Waals surface area contributed by atoms with Crippen molar-refractivity contribution in [3.05, 3.63) is 59.7 Å². The van der Waals surface area contributed by atoms with E-state index in [9.17, 15) is 18.4 Å². The first-order valence-electron chi connectivity index (χ1n) is 8.58. The van der Waals surface area contributed by atoms with E-state index < -0.39 is 12.5 Å². The first-order valence-corrected chi connectivity index (χ1v) is 8.58. The molecular formula is C20H20F2N2O3. The summed E-state index contributed by atoms with van der Waals surface area (Å²) in [5.74, 6) is -0.925. The van der Waals surface area contributed by atoms with E-state index in [1.54, 1.807) is 11.0 Å². The molecule has 27 heavy (non-hydrogen) atoms. The van der Waals surface area contributed by atoms with Gasteiger partial charge in [-0.1, -0.05) is 29.8 Å². The maximum absolute atomic E-state index is 12.9. The Morgan fingerprint density at radius 2 is 1.81 bits per heavy atom. The number of rotatable bonds is 4. The predicted octanol–water partition coefficient (Wildman–Crippen LogP) is 3.47. The Labute approximate surface area is 156 Å². The highest BCUT2D eigenvalue weighted by molar-refractivity contribution is 6.03. The zero-order valence-corrected chi connectivity index (χ0v) is 15.1. The summed E-state index contributed by atoms with van der Waals surface area (Å²) in [5, 5.41) is 0. The van der Waals surface area contributed by atoms with Crippen LogP contribution in [-0.2, 0) is 4.79 Å². The first kappa shape index (κ1) is 18.8. The second-order valence-electron chi connectivity index (χ2n) is 6.50. The molecule has 1 saturated heterocycles. The normalized spacial score (nSPS) is 17.4. The molecule has 0 N–H and O–H groups in total. The van der Waals surface area contributed by atoms with E-state index in [0.717, 1.165) is 11.3 Å². The summed E-state index contributed by atoms with van der Waals surface area (Å²) in [6, 6.07) is 13.1. The van der Waals surface area contributed by atoms with Crippen LogP contribution < -0.4 is 9.64 Å². The van der Waals surface area contributed by atoms with E-state index in [-0.39, 0.29) is 29.8 Å². The van der Waals surface area contributed by atoms with Gasteiger partial charge in [-0.25, -0.2) is 0 Å². The molecule has 0 unspecified atom stereocenters. The predicted molar refractivity (Wildman–Crippen MR) is 97.1 cm³/mol. The van der Waals surface area contributed by atoms with Crippen LogP contribution in [0.3, 0.4) is 0 Å². The van der Waals surface area contributed by atoms with Gasteiger partial charge in [-0.15, -0.1) is 0 Å². The minimum Gasteiger partial charge on any atom is -0.434 e. The van der Waals surface area contributed by atoms with Crippen LogP contribution >= 0.6 is 0 Å². The SMILES string of the molecule is Cc1ccc(N2C[C@@H](C)N(C(=O)c3ccccc3OC(F)F)CC2=O)cc1. The fourth-order valence-corrected chi connectivity index (χ4v) is 3.09. The van der Waals surface area contributed by atoms with E-state index >= 15 is 0 Å². The molecule has 1 heterocycles. The summed E-state index contributed by atoms with van der Waals surface area (Å²) in [5.41, 5.74) is 1.87. The molecule has 0 radical (unpaired) electrons. The Kier molecular flexibility index (Phi) is 5.39. The van der Waals surface area contributed by atoms with Gasteiger partial charge >= 0.3 is 6.61 Å². The lowest BCUT2D eigenvalue weighted by atomic mass is 10.1. The van der Waals surface area contributed by atoms with Crippen LogP contribution in [0.15, 0.2) is 48.5 Å². The van der Waals surface area contributed by atoms with Crippen molar-refractivity contribution in [2.24, 2.45) is 0 Å². The molecular weight excluding hydrogens is 354 g/mol. The molecule has 7 heteroatoms. The number of hydrogen-bond donors (Lipinski definition) is 0. The maximum atomic E-state index is 12.9. The fraction of sp³-hybridized carbons (Fsp3) is 0.300. The molecule has 1 aliphatic rings. The van der Waals surface area contributed by atoms with Crippen LogP contribution in [0, 0.1) is 6.92 Å². The summed E-state index contributed by atoms with van der Waals surface area (Å²) in [6.07, 6.45) is 0. The molecule has 1 atom stereocenters. The lowest BCUT2D eigenvalue weighted by molar-refractivity contribution is -0.121. The van der Waals surface area contributed by atoms with Gasteiger partial charge in [0, 0.05) is 18.3 Å². The molecule has 1 fully saturated rings. The summed E-state index contributed by atoms with van der Waals surface area (Å²) >= 11 is 0. The Balaban J connectivity index is 1.80. The number of piperazine rings is 1. The molecule has 0 bridgehead atoms. The fourth-order valence-electron chi connectivity index (χ4n) is 3.09. The number of halogens is 2. The standard InChI is InChI=1S/C20H20F2N2O3/c1-13-7-9-15(10-8-13)24-11-14(2)23(12-18(24)25)19(26)16-5-3-4-6-17(16)27-20(21)22/h3-10,14,20H,11-12H2,1-2H3/t14-/m1/s1. The van der Waals surface area contributed by atoms with Crippen molar-refractivity contribution < 1.29 is 23.1 Å². The highest BCUT2D eigenvalue weighted by atomic mass is 19.3. The highest BCUT2D eigenvalue weighted by Gasteiger charge is 2.34. The number of anilines is 1. The molecule has 2 amide bonds. The van der Waals surface area contributed by atoms with Gasteiger partial charge in [-0.2, -0.15) is 8.78 Å². The molecule has 2 aromatic carbocycles. The van der Waals surface area contributed by atoms with Crippen LogP contribution in [-0.4, -0.2) is 42.5 Å². The third kappa shape index (κ3) is 4.07. The van der Waals surface area contributed by atoms with Crippen LogP contribution in [0.2, 0.25) is 0 Å². The number of amides is 2. The molecule has 2 aromatic rings. The van der Waals surface area contributed by atoms with Crippen LogP contribution in [0.25, 0.3) is 0 Å². The Hall–Kier alpha value is -2.96. The third-order valence-corrected chi connectivity index (χ3v) is 4.53. The molecule has 0 aromatic heterocycles. The monoisotopic (exact) mass is 374 g/mol. The van der Waals surface area contributed by atoms with E-state index in [1.165, 1.54) is 23.1 Å². The minimum atomic E-state index is -3.03. The number of carbonyl (C=O) groups excluding carboxylic acids is 2. The lowest BCUT2D eigenvalue weighted by Gasteiger charge is -2.39. The molecule has 0 aliphatic carbocycles. The summed E-state index contributed by atoms with van der Waals surface area (Å²) < 4.78 is 29.7. The lowest BCUT2D eigenvalue weighted by Crippen LogP contribution is -2.57. The number of alkyl halides is 2. The summed E-state index contributed by atoms with van der Waals surface area (Å²) in [6.45, 7) is 0.949. The molecule has 3 rings (SSSR count). The van der Waals surface area contributed by atoms with Gasteiger partial charge in [0.25, 0.3) is 5.91 Å². The van der Waals surface area contributed by atoms with Crippen molar-refractivity contribution in [2.75, 3.05) is 18.0 Å². The van der Waals surface area contributed by atoms with Crippen molar-refractivity contribution in [1.29, 1.82) is 0 Å². The largest absolute Gasteiger partial charge is 0.434 e. The molecule has 0 saturated carbocycles. The average Bonchev–Trinajstić information content (AvgIpc) is 2.63. The van der Waals surface area contributed by atoms with Crippen LogP contribution in [0.5, 0.6) is 5.75 Å². The van der Waals surface area contributed by atoms with E-state index in [1.807, 2.05) is 38.1 Å². The molecule has 0 spiro atoms. The number of benzene rings is 2. The minimum absolute atomic E-state index is 0.0150. The first-order chi connectivity index (χ1) is 12.9. The topological polar surface area (TPSA) is 49.9 Å². The van der Waals surface area contributed by atoms with E-state index in [2.05, 4.69) is 4.74 Å². The molecule has 5 nitrogen and oxygen atoms in total. The van der Waals surface area contributed by atoms with Crippen LogP contribution in [0.4, 0.5) is 14.5 Å². The average molecular weight is 374 g/mol. The highest BCUT2D eigenvalue weighted by Crippen LogP contribution is 2.26. The van der Waals surface area contributed by atoms with Gasteiger partial charge in [0.2, 0.25) is 5.91 Å². The number of nitrogens with zero attached hydrogens (tertiary/aromatic N) is 2. The van der Waals surface area contributed by atoms with Gasteiger partial charge in [0.1, 0.15) is 12.3 Å². The number of aryl methyl sites for hydroxylation is 1. The number of para-hydroxylation sites is 1. The molecule has 1 aliphatic heterocycles. The van der Waals surface area contributed by atoms with Gasteiger partial charge in [-0.3, -0.25) is 9.59 Å². The van der Waals surface area contributed by atoms with Gasteiger partial charge in [-0.05, 0) is 38.1 Å². The number of hydrogen-bond acceptors (Lipinski definition) is 3. The number of ether oxygens (including phenoxy) is 1. The van der Waals surface area contributed by atoms with Crippen molar-refractivity contribution >= 4 is 17.5 Å². The zero-order chi connectivity index (χ0) is 19.6. The summed E-state index contributed by atoms with van der Waals surface area (Å²) in [7, 11) is 0. The van der Waals surface area contributed by atoms with Crippen LogP contribution in [0.1, 0.15) is 22.8 Å².